The number of likely N-dealkylation sites (tertiary alicyclic amines) is 1. The highest BCUT2D eigenvalue weighted by Gasteiger charge is 2.45. The molecule has 2 rings (SSSR count). The van der Waals surface area contributed by atoms with E-state index >= 15 is 0 Å². The van der Waals surface area contributed by atoms with Gasteiger partial charge in [-0.05, 0) is 25.7 Å². The largest absolute Gasteiger partial charge is 0.481 e. The molecule has 1 saturated heterocycles. The minimum Gasteiger partial charge on any atom is -0.481 e. The monoisotopic (exact) mass is 254 g/mol. The average molecular weight is 254 g/mol. The lowest BCUT2D eigenvalue weighted by Gasteiger charge is -2.34. The predicted molar refractivity (Wildman–Crippen MR) is 66.9 cm³/mol. The van der Waals surface area contributed by atoms with Crippen LogP contribution in [0.2, 0.25) is 0 Å². The third-order valence-corrected chi connectivity index (χ3v) is 4.45. The molecule has 1 atom stereocenters. The molecule has 1 aliphatic heterocycles. The summed E-state index contributed by atoms with van der Waals surface area (Å²) in [5.41, 5.74) is 5.42. The van der Waals surface area contributed by atoms with Crippen molar-refractivity contribution >= 4 is 11.9 Å². The number of hydrogen-bond donors (Lipinski definition) is 2. The molecule has 0 aromatic carbocycles. The minimum absolute atomic E-state index is 0.0619. The first kappa shape index (κ1) is 13.3. The molecule has 1 aliphatic carbocycles. The Morgan fingerprint density at radius 1 is 1.28 bits per heavy atom. The van der Waals surface area contributed by atoms with Crippen LogP contribution in [0.3, 0.4) is 0 Å². The van der Waals surface area contributed by atoms with Crippen molar-refractivity contribution in [2.24, 2.45) is 11.1 Å². The zero-order valence-electron chi connectivity index (χ0n) is 10.7. The number of carbonyl (C=O) groups is 2. The van der Waals surface area contributed by atoms with Gasteiger partial charge in [-0.25, -0.2) is 0 Å². The van der Waals surface area contributed by atoms with Gasteiger partial charge in [-0.15, -0.1) is 0 Å². The number of nitrogens with two attached hydrogens (primary N) is 1. The number of aliphatic carboxylic acids is 1. The van der Waals surface area contributed by atoms with Crippen molar-refractivity contribution < 1.29 is 14.7 Å². The highest BCUT2D eigenvalue weighted by Crippen LogP contribution is 2.40. The van der Waals surface area contributed by atoms with E-state index in [2.05, 4.69) is 0 Å². The molecule has 0 aromatic rings. The van der Waals surface area contributed by atoms with Crippen LogP contribution in [-0.2, 0) is 9.59 Å². The Bertz CT molecular complexity index is 337. The second-order valence-corrected chi connectivity index (χ2v) is 5.58. The number of carboxylic acid groups (broad SMARTS) is 1. The van der Waals surface area contributed by atoms with E-state index in [-0.39, 0.29) is 18.4 Å². The van der Waals surface area contributed by atoms with Crippen LogP contribution in [0.5, 0.6) is 0 Å². The molecule has 0 bridgehead atoms. The molecule has 0 aromatic heterocycles. The Morgan fingerprint density at radius 2 is 1.94 bits per heavy atom. The normalized spacial score (nSPS) is 26.5. The van der Waals surface area contributed by atoms with E-state index in [0.29, 0.717) is 13.1 Å². The van der Waals surface area contributed by atoms with Crippen LogP contribution in [0.4, 0.5) is 0 Å². The van der Waals surface area contributed by atoms with Crippen LogP contribution in [-0.4, -0.2) is 41.0 Å². The summed E-state index contributed by atoms with van der Waals surface area (Å²) in [5.74, 6) is -0.723. The van der Waals surface area contributed by atoms with Gasteiger partial charge < -0.3 is 15.7 Å². The van der Waals surface area contributed by atoms with Crippen molar-refractivity contribution in [3.63, 3.8) is 0 Å². The molecule has 2 aliphatic rings. The summed E-state index contributed by atoms with van der Waals surface area (Å²) in [6.07, 6.45) is 5.60. The lowest BCUT2D eigenvalue weighted by atomic mass is 9.84. The topological polar surface area (TPSA) is 83.6 Å². The van der Waals surface area contributed by atoms with Gasteiger partial charge in [-0.3, -0.25) is 9.59 Å². The average Bonchev–Trinajstić information content (AvgIpc) is 2.96. The van der Waals surface area contributed by atoms with Gasteiger partial charge in [0.1, 0.15) is 0 Å². The Balaban J connectivity index is 2.09. The summed E-state index contributed by atoms with van der Waals surface area (Å²) in [6.45, 7) is 1.08. The second-order valence-electron chi connectivity index (χ2n) is 5.58. The van der Waals surface area contributed by atoms with Crippen molar-refractivity contribution in [1.82, 2.24) is 4.90 Å². The first-order valence-corrected chi connectivity index (χ1v) is 6.82. The van der Waals surface area contributed by atoms with Gasteiger partial charge in [0.2, 0.25) is 5.91 Å². The smallest absolute Gasteiger partial charge is 0.305 e. The van der Waals surface area contributed by atoms with Gasteiger partial charge >= 0.3 is 5.97 Å². The Morgan fingerprint density at radius 3 is 2.50 bits per heavy atom. The van der Waals surface area contributed by atoms with Crippen molar-refractivity contribution in [3.8, 4) is 0 Å². The van der Waals surface area contributed by atoms with Crippen molar-refractivity contribution in [2.75, 3.05) is 13.1 Å². The maximum absolute atomic E-state index is 12.6. The molecule has 1 amide bonds. The fourth-order valence-corrected chi connectivity index (χ4v) is 3.38. The van der Waals surface area contributed by atoms with Crippen molar-refractivity contribution in [1.29, 1.82) is 0 Å². The third kappa shape index (κ3) is 2.36. The Labute approximate surface area is 107 Å². The van der Waals surface area contributed by atoms with E-state index in [1.807, 2.05) is 0 Å². The number of hydrogen-bond acceptors (Lipinski definition) is 3. The van der Waals surface area contributed by atoms with Gasteiger partial charge in [0.25, 0.3) is 0 Å². The fraction of sp³-hybridized carbons (Fsp3) is 0.846. The number of carboxylic acids is 1. The van der Waals surface area contributed by atoms with Gasteiger partial charge in [0, 0.05) is 19.1 Å². The highest BCUT2D eigenvalue weighted by molar-refractivity contribution is 5.84. The maximum atomic E-state index is 12.6. The summed E-state index contributed by atoms with van der Waals surface area (Å²) in [5, 5.41) is 8.90. The van der Waals surface area contributed by atoms with Gasteiger partial charge in [-0.1, -0.05) is 12.8 Å². The van der Waals surface area contributed by atoms with E-state index in [1.165, 1.54) is 0 Å². The zero-order valence-corrected chi connectivity index (χ0v) is 10.7. The van der Waals surface area contributed by atoms with Gasteiger partial charge in [0.05, 0.1) is 11.8 Å². The predicted octanol–water partition coefficient (Wildman–Crippen LogP) is 0.971. The summed E-state index contributed by atoms with van der Waals surface area (Å²) in [4.78, 5) is 25.3. The van der Waals surface area contributed by atoms with E-state index in [9.17, 15) is 9.59 Å². The molecule has 0 spiro atoms. The molecular weight excluding hydrogens is 232 g/mol. The van der Waals surface area contributed by atoms with Crippen molar-refractivity contribution in [3.05, 3.63) is 0 Å². The number of amides is 1. The molecule has 1 saturated carbocycles. The molecule has 5 nitrogen and oxygen atoms in total. The van der Waals surface area contributed by atoms with Crippen LogP contribution in [0.1, 0.15) is 44.9 Å². The molecule has 18 heavy (non-hydrogen) atoms. The van der Waals surface area contributed by atoms with Crippen LogP contribution in [0.15, 0.2) is 0 Å². The molecular formula is C13H22N2O3. The lowest BCUT2D eigenvalue weighted by molar-refractivity contribution is -0.144. The molecule has 102 valence electrons. The quantitative estimate of drug-likeness (QED) is 0.783. The molecule has 0 radical (unpaired) electrons. The minimum atomic E-state index is -0.826. The first-order chi connectivity index (χ1) is 8.59. The number of rotatable bonds is 4. The SMILES string of the molecule is NCC1(C(=O)N2CCCC2CC(=O)O)CCCC1. The van der Waals surface area contributed by atoms with Crippen LogP contribution >= 0.6 is 0 Å². The first-order valence-electron chi connectivity index (χ1n) is 6.82. The summed E-state index contributed by atoms with van der Waals surface area (Å²) >= 11 is 0. The highest BCUT2D eigenvalue weighted by atomic mass is 16.4. The van der Waals surface area contributed by atoms with E-state index in [1.54, 1.807) is 4.90 Å². The number of nitrogens with zero attached hydrogens (tertiary/aromatic N) is 1. The second kappa shape index (κ2) is 5.26. The van der Waals surface area contributed by atoms with Crippen LogP contribution < -0.4 is 5.73 Å². The van der Waals surface area contributed by atoms with E-state index < -0.39 is 11.4 Å². The molecule has 3 N–H and O–H groups in total. The molecule has 2 fully saturated rings. The summed E-state index contributed by atoms with van der Waals surface area (Å²) < 4.78 is 0. The Kier molecular flexibility index (Phi) is 3.90. The van der Waals surface area contributed by atoms with E-state index in [0.717, 1.165) is 38.5 Å². The third-order valence-electron chi connectivity index (χ3n) is 4.45. The summed E-state index contributed by atoms with van der Waals surface area (Å²) in [7, 11) is 0. The Hall–Kier alpha value is -1.10. The summed E-state index contributed by atoms with van der Waals surface area (Å²) in [6, 6.07) is -0.126. The molecule has 1 heterocycles. The number of carbonyl (C=O) groups excluding carboxylic acids is 1. The molecule has 1 unspecified atom stereocenters. The lowest BCUT2D eigenvalue weighted by Crippen LogP contribution is -2.48. The van der Waals surface area contributed by atoms with Crippen molar-refractivity contribution in [2.45, 2.75) is 51.0 Å². The zero-order chi connectivity index (χ0) is 13.2. The molecule has 5 heteroatoms. The standard InChI is InChI=1S/C13H22N2O3/c14-9-13(5-1-2-6-13)12(18)15-7-3-4-10(15)8-11(16)17/h10H,1-9,14H2,(H,16,17). The van der Waals surface area contributed by atoms with Crippen LogP contribution in [0, 0.1) is 5.41 Å². The van der Waals surface area contributed by atoms with Gasteiger partial charge in [-0.2, -0.15) is 0 Å². The van der Waals surface area contributed by atoms with Gasteiger partial charge in [0.15, 0.2) is 0 Å². The van der Waals surface area contributed by atoms with Crippen LogP contribution in [0.25, 0.3) is 0 Å². The van der Waals surface area contributed by atoms with E-state index in [4.69, 9.17) is 10.8 Å². The maximum Gasteiger partial charge on any atom is 0.305 e. The fourth-order valence-electron chi connectivity index (χ4n) is 3.38.